The molecule has 0 radical (unpaired) electrons. The molecule has 98 valence electrons. The van der Waals surface area contributed by atoms with Gasteiger partial charge in [0.15, 0.2) is 0 Å². The Labute approximate surface area is 109 Å². The van der Waals surface area contributed by atoms with Gasteiger partial charge in [0.2, 0.25) is 0 Å². The molecule has 1 aliphatic carbocycles. The average molecular weight is 247 g/mol. The second-order valence-corrected chi connectivity index (χ2v) is 5.36. The number of ether oxygens (including phenoxy) is 1. The monoisotopic (exact) mass is 247 g/mol. The van der Waals surface area contributed by atoms with Crippen LogP contribution < -0.4 is 0 Å². The van der Waals surface area contributed by atoms with Crippen LogP contribution in [0.2, 0.25) is 0 Å². The van der Waals surface area contributed by atoms with Crippen LogP contribution in [0.4, 0.5) is 0 Å². The predicted molar refractivity (Wildman–Crippen MR) is 71.4 cm³/mol. The Hall–Kier alpha value is -1.35. The fourth-order valence-corrected chi connectivity index (χ4v) is 2.29. The largest absolute Gasteiger partial charge is 0.465 e. The van der Waals surface area contributed by atoms with E-state index in [1.54, 1.807) is 0 Å². The first-order chi connectivity index (χ1) is 8.60. The summed E-state index contributed by atoms with van der Waals surface area (Å²) >= 11 is 0. The molecule has 0 aliphatic heterocycles. The van der Waals surface area contributed by atoms with Crippen LogP contribution >= 0.6 is 0 Å². The summed E-state index contributed by atoms with van der Waals surface area (Å²) in [5.41, 5.74) is 1.85. The number of esters is 1. The lowest BCUT2D eigenvalue weighted by molar-refractivity contribution is 0.0600. The fourth-order valence-electron chi connectivity index (χ4n) is 2.29. The lowest BCUT2D eigenvalue weighted by Crippen LogP contribution is -2.20. The van der Waals surface area contributed by atoms with E-state index in [-0.39, 0.29) is 5.97 Å². The molecule has 1 aromatic rings. The number of carbonyl (C=O) groups is 1. The molecule has 3 heteroatoms. The summed E-state index contributed by atoms with van der Waals surface area (Å²) in [4.78, 5) is 13.7. The molecule has 0 N–H and O–H groups in total. The molecule has 0 saturated heterocycles. The molecular weight excluding hydrogens is 226 g/mol. The standard InChI is InChI=1S/C15H21NO2/c1-11-8-14(11)10-16(2)9-12-4-6-13(7-5-12)15(17)18-3/h4-7,11,14H,8-10H2,1-3H3. The van der Waals surface area contributed by atoms with Gasteiger partial charge < -0.3 is 9.64 Å². The van der Waals surface area contributed by atoms with Gasteiger partial charge in [-0.2, -0.15) is 0 Å². The van der Waals surface area contributed by atoms with E-state index in [2.05, 4.69) is 23.6 Å². The van der Waals surface area contributed by atoms with Gasteiger partial charge in [0.1, 0.15) is 0 Å². The summed E-state index contributed by atoms with van der Waals surface area (Å²) in [6, 6.07) is 7.65. The van der Waals surface area contributed by atoms with Gasteiger partial charge in [0.25, 0.3) is 0 Å². The molecule has 0 spiro atoms. The van der Waals surface area contributed by atoms with Crippen LogP contribution in [0.3, 0.4) is 0 Å². The molecule has 0 heterocycles. The maximum Gasteiger partial charge on any atom is 0.337 e. The molecule has 0 aromatic heterocycles. The van der Waals surface area contributed by atoms with Gasteiger partial charge in [0, 0.05) is 13.1 Å². The first-order valence-corrected chi connectivity index (χ1v) is 6.46. The SMILES string of the molecule is COC(=O)c1ccc(CN(C)CC2CC2C)cc1. The van der Waals surface area contributed by atoms with Gasteiger partial charge in [-0.05, 0) is 43.0 Å². The molecule has 1 aromatic carbocycles. The van der Waals surface area contributed by atoms with E-state index >= 15 is 0 Å². The first-order valence-electron chi connectivity index (χ1n) is 6.46. The van der Waals surface area contributed by atoms with Crippen LogP contribution in [0, 0.1) is 11.8 Å². The van der Waals surface area contributed by atoms with Crippen LogP contribution in [0.15, 0.2) is 24.3 Å². The highest BCUT2D eigenvalue weighted by Gasteiger charge is 2.32. The van der Waals surface area contributed by atoms with E-state index in [1.165, 1.54) is 25.6 Å². The summed E-state index contributed by atoms with van der Waals surface area (Å²) < 4.78 is 4.68. The third-order valence-corrected chi connectivity index (χ3v) is 3.65. The zero-order chi connectivity index (χ0) is 13.1. The van der Waals surface area contributed by atoms with E-state index < -0.39 is 0 Å². The number of carbonyl (C=O) groups excluding carboxylic acids is 1. The Morgan fingerprint density at radius 2 is 2.00 bits per heavy atom. The molecule has 0 bridgehead atoms. The Morgan fingerprint density at radius 3 is 2.50 bits per heavy atom. The number of hydrogen-bond acceptors (Lipinski definition) is 3. The van der Waals surface area contributed by atoms with Crippen molar-refractivity contribution in [3.8, 4) is 0 Å². The van der Waals surface area contributed by atoms with Gasteiger partial charge >= 0.3 is 5.97 Å². The third-order valence-electron chi connectivity index (χ3n) is 3.65. The van der Waals surface area contributed by atoms with Gasteiger partial charge in [-0.15, -0.1) is 0 Å². The van der Waals surface area contributed by atoms with Crippen LogP contribution in [0.1, 0.15) is 29.3 Å². The quantitative estimate of drug-likeness (QED) is 0.749. The third kappa shape index (κ3) is 3.33. The molecule has 1 fully saturated rings. The average Bonchev–Trinajstić information content (AvgIpc) is 3.04. The number of benzene rings is 1. The van der Waals surface area contributed by atoms with E-state index in [0.717, 1.165) is 18.4 Å². The predicted octanol–water partition coefficient (Wildman–Crippen LogP) is 2.56. The van der Waals surface area contributed by atoms with Crippen molar-refractivity contribution in [2.24, 2.45) is 11.8 Å². The van der Waals surface area contributed by atoms with Crippen molar-refractivity contribution >= 4 is 5.97 Å². The van der Waals surface area contributed by atoms with Crippen LogP contribution in [-0.2, 0) is 11.3 Å². The topological polar surface area (TPSA) is 29.5 Å². The normalized spacial score (nSPS) is 22.0. The highest BCUT2D eigenvalue weighted by Crippen LogP contribution is 2.38. The Morgan fingerprint density at radius 1 is 1.39 bits per heavy atom. The molecule has 3 nitrogen and oxygen atoms in total. The minimum absolute atomic E-state index is 0.276. The van der Waals surface area contributed by atoms with E-state index in [4.69, 9.17) is 0 Å². The lowest BCUT2D eigenvalue weighted by atomic mass is 10.1. The van der Waals surface area contributed by atoms with Crippen molar-refractivity contribution in [3.05, 3.63) is 35.4 Å². The molecule has 0 amide bonds. The summed E-state index contributed by atoms with van der Waals surface area (Å²) in [5.74, 6) is 1.50. The number of rotatable bonds is 5. The van der Waals surface area contributed by atoms with E-state index in [1.807, 2.05) is 24.3 Å². The summed E-state index contributed by atoms with van der Waals surface area (Å²) in [7, 11) is 3.56. The van der Waals surface area contributed by atoms with Gasteiger partial charge in [0.05, 0.1) is 12.7 Å². The summed E-state index contributed by atoms with van der Waals surface area (Å²) in [6.07, 6.45) is 1.37. The smallest absolute Gasteiger partial charge is 0.337 e. The molecule has 2 unspecified atom stereocenters. The second kappa shape index (κ2) is 5.53. The fraction of sp³-hybridized carbons (Fsp3) is 0.533. The van der Waals surface area contributed by atoms with Crippen LogP contribution in [0.5, 0.6) is 0 Å². The molecule has 18 heavy (non-hydrogen) atoms. The van der Waals surface area contributed by atoms with Crippen LogP contribution in [0.25, 0.3) is 0 Å². The van der Waals surface area contributed by atoms with Crippen molar-refractivity contribution in [2.75, 3.05) is 20.7 Å². The highest BCUT2D eigenvalue weighted by atomic mass is 16.5. The van der Waals surface area contributed by atoms with Gasteiger partial charge in [-0.25, -0.2) is 4.79 Å². The Bertz CT molecular complexity index is 413. The van der Waals surface area contributed by atoms with E-state index in [9.17, 15) is 4.79 Å². The molecule has 1 saturated carbocycles. The minimum Gasteiger partial charge on any atom is -0.465 e. The highest BCUT2D eigenvalue weighted by molar-refractivity contribution is 5.89. The summed E-state index contributed by atoms with van der Waals surface area (Å²) in [6.45, 7) is 4.41. The zero-order valence-corrected chi connectivity index (χ0v) is 11.3. The minimum atomic E-state index is -0.276. The maximum absolute atomic E-state index is 11.3. The van der Waals surface area contributed by atoms with Crippen molar-refractivity contribution < 1.29 is 9.53 Å². The van der Waals surface area contributed by atoms with Gasteiger partial charge in [-0.1, -0.05) is 19.1 Å². The lowest BCUT2D eigenvalue weighted by Gasteiger charge is -2.16. The number of nitrogens with zero attached hydrogens (tertiary/aromatic N) is 1. The molecule has 2 rings (SSSR count). The molecule has 2 atom stereocenters. The van der Waals surface area contributed by atoms with E-state index in [0.29, 0.717) is 5.56 Å². The zero-order valence-electron chi connectivity index (χ0n) is 11.3. The Kier molecular flexibility index (Phi) is 4.02. The summed E-state index contributed by atoms with van der Waals surface area (Å²) in [5, 5.41) is 0. The van der Waals surface area contributed by atoms with Crippen molar-refractivity contribution in [2.45, 2.75) is 19.9 Å². The number of hydrogen-bond donors (Lipinski definition) is 0. The molecule has 1 aliphatic rings. The van der Waals surface area contributed by atoms with Crippen molar-refractivity contribution in [1.29, 1.82) is 0 Å². The second-order valence-electron chi connectivity index (χ2n) is 5.36. The Balaban J connectivity index is 1.87. The first kappa shape index (κ1) is 13.1. The molecular formula is C15H21NO2. The van der Waals surface area contributed by atoms with Crippen molar-refractivity contribution in [3.63, 3.8) is 0 Å². The van der Waals surface area contributed by atoms with Crippen molar-refractivity contribution in [1.82, 2.24) is 4.90 Å². The van der Waals surface area contributed by atoms with Crippen LogP contribution in [-0.4, -0.2) is 31.6 Å². The van der Waals surface area contributed by atoms with Gasteiger partial charge in [-0.3, -0.25) is 0 Å². The number of methoxy groups -OCH3 is 1. The maximum atomic E-state index is 11.3.